The fourth-order valence-corrected chi connectivity index (χ4v) is 6.34. The lowest BCUT2D eigenvalue weighted by Gasteiger charge is -2.31. The fourth-order valence-electron chi connectivity index (χ4n) is 4.35. The summed E-state index contributed by atoms with van der Waals surface area (Å²) >= 11 is 0. The van der Waals surface area contributed by atoms with Gasteiger partial charge in [-0.3, -0.25) is 23.5 Å². The van der Waals surface area contributed by atoms with Crippen molar-refractivity contribution in [3.63, 3.8) is 0 Å². The van der Waals surface area contributed by atoms with E-state index in [2.05, 4.69) is 13.8 Å². The molecule has 0 spiro atoms. The summed E-state index contributed by atoms with van der Waals surface area (Å²) in [5, 5.41) is 0. The van der Waals surface area contributed by atoms with Crippen LogP contribution in [-0.2, 0) is 49.7 Å². The summed E-state index contributed by atoms with van der Waals surface area (Å²) in [4.78, 5) is 50.6. The third-order valence-electron chi connectivity index (χ3n) is 6.10. The lowest BCUT2D eigenvalue weighted by Crippen LogP contribution is -2.36. The van der Waals surface area contributed by atoms with E-state index in [1.807, 2.05) is 30.3 Å². The number of phosphoric ester groups is 2. The van der Waals surface area contributed by atoms with Crippen LogP contribution < -0.4 is 21.0 Å². The summed E-state index contributed by atoms with van der Waals surface area (Å²) in [6.45, 7) is -1.17. The van der Waals surface area contributed by atoms with Gasteiger partial charge >= 0.3 is 5.69 Å². The van der Waals surface area contributed by atoms with Gasteiger partial charge in [0.25, 0.3) is 21.2 Å². The number of nitrogens with zero attached hydrogens (tertiary/aromatic N) is 1. The Morgan fingerprint density at radius 2 is 1.45 bits per heavy atom. The van der Waals surface area contributed by atoms with Crippen LogP contribution in [0.2, 0.25) is 0 Å². The molecule has 1 N–H and O–H groups in total. The second kappa shape index (κ2) is 12.0. The highest BCUT2D eigenvalue weighted by atomic mass is 31.3. The van der Waals surface area contributed by atoms with Gasteiger partial charge in [0.15, 0.2) is 12.5 Å². The van der Waals surface area contributed by atoms with E-state index in [-0.39, 0.29) is 0 Å². The van der Waals surface area contributed by atoms with Crippen LogP contribution in [0.5, 0.6) is 0 Å². The summed E-state index contributed by atoms with van der Waals surface area (Å²) < 4.78 is 57.0. The van der Waals surface area contributed by atoms with Gasteiger partial charge in [0, 0.05) is 18.7 Å². The zero-order valence-corrected chi connectivity index (χ0v) is 22.5. The number of hydrogen-bond donors (Lipinski definition) is 1. The van der Waals surface area contributed by atoms with E-state index >= 15 is 0 Å². The molecule has 16 heteroatoms. The molecule has 4 unspecified atom stereocenters. The Balaban J connectivity index is 1.27. The number of fused-ring (bicyclic) bond motifs is 1. The van der Waals surface area contributed by atoms with Crippen LogP contribution in [-0.4, -0.2) is 40.8 Å². The molecule has 0 aliphatic carbocycles. The molecule has 2 aliphatic heterocycles. The largest absolute Gasteiger partial charge is 0.756 e. The summed E-state index contributed by atoms with van der Waals surface area (Å²) in [5.74, 6) is 0. The second-order valence-corrected chi connectivity index (χ2v) is 11.9. The van der Waals surface area contributed by atoms with Crippen LogP contribution in [0.25, 0.3) is 0 Å². The third kappa shape index (κ3) is 7.12. The van der Waals surface area contributed by atoms with Gasteiger partial charge < -0.3 is 33.0 Å². The minimum absolute atomic E-state index is 0.343. The molecular formula is C24H24N2O12P2-2. The van der Waals surface area contributed by atoms with E-state index in [1.165, 1.54) is 6.20 Å². The van der Waals surface area contributed by atoms with E-state index in [4.69, 9.17) is 18.7 Å². The summed E-state index contributed by atoms with van der Waals surface area (Å²) in [5.41, 5.74) is -0.0323. The first-order chi connectivity index (χ1) is 19.1. The van der Waals surface area contributed by atoms with Crippen molar-refractivity contribution in [2.75, 3.05) is 6.61 Å². The molecule has 0 bridgehead atoms. The number of aromatic nitrogens is 2. The number of aromatic amines is 1. The highest BCUT2D eigenvalue weighted by Crippen LogP contribution is 2.56. The molecule has 2 aromatic carbocycles. The molecule has 3 aromatic rings. The number of hydrogen-bond acceptors (Lipinski definition) is 12. The maximum atomic E-state index is 12.4. The Morgan fingerprint density at radius 1 is 0.825 bits per heavy atom. The van der Waals surface area contributed by atoms with Crippen molar-refractivity contribution < 1.29 is 46.5 Å². The van der Waals surface area contributed by atoms with Crippen LogP contribution in [0.4, 0.5) is 0 Å². The number of ether oxygens (including phenoxy) is 3. The smallest absolute Gasteiger partial charge is 0.330 e. The van der Waals surface area contributed by atoms with Crippen molar-refractivity contribution in [2.24, 2.45) is 0 Å². The molecule has 2 aliphatic rings. The zero-order chi connectivity index (χ0) is 28.3. The van der Waals surface area contributed by atoms with Crippen molar-refractivity contribution in [1.82, 2.24) is 9.55 Å². The molecule has 1 aromatic heterocycles. The molecule has 2 saturated heterocycles. The van der Waals surface area contributed by atoms with E-state index < -0.39 is 70.9 Å². The van der Waals surface area contributed by atoms with Crippen molar-refractivity contribution in [3.05, 3.63) is 105 Å². The molecule has 2 fully saturated rings. The van der Waals surface area contributed by atoms with Crippen molar-refractivity contribution in [2.45, 2.75) is 43.9 Å². The monoisotopic (exact) mass is 594 g/mol. The Hall–Kier alpha value is -2.74. The van der Waals surface area contributed by atoms with Crippen molar-refractivity contribution in [3.8, 4) is 0 Å². The van der Waals surface area contributed by atoms with Gasteiger partial charge in [-0.05, 0) is 11.1 Å². The molecule has 214 valence electrons. The number of H-pyrrole nitrogens is 1. The van der Waals surface area contributed by atoms with Gasteiger partial charge in [0.2, 0.25) is 0 Å². The van der Waals surface area contributed by atoms with Gasteiger partial charge in [0.1, 0.15) is 18.3 Å². The number of nitrogens with one attached hydrogen (secondary N) is 1. The Morgan fingerprint density at radius 3 is 2.12 bits per heavy atom. The third-order valence-corrected chi connectivity index (χ3v) is 8.61. The van der Waals surface area contributed by atoms with Crippen LogP contribution in [0.1, 0.15) is 17.4 Å². The predicted octanol–water partition coefficient (Wildman–Crippen LogP) is 0.974. The van der Waals surface area contributed by atoms with Crippen molar-refractivity contribution >= 4 is 15.6 Å². The normalized spacial score (nSPS) is 27.1. The first-order valence-corrected chi connectivity index (χ1v) is 15.0. The van der Waals surface area contributed by atoms with Gasteiger partial charge in [0.05, 0.1) is 13.2 Å². The van der Waals surface area contributed by atoms with Crippen LogP contribution in [0.15, 0.2) is 82.5 Å². The number of phosphoric acid groups is 2. The molecule has 0 amide bonds. The number of rotatable bonds is 11. The highest BCUT2D eigenvalue weighted by Gasteiger charge is 2.54. The minimum atomic E-state index is -5.44. The average Bonchev–Trinajstić information content (AvgIpc) is 3.46. The molecule has 3 heterocycles. The molecule has 40 heavy (non-hydrogen) atoms. The SMILES string of the molecule is O=c1ccn([C@@H]2O[C@H](COP(=O)([O-])OP(=O)([O-])OCc3ccccc3)C3OC(Cc4ccccc4)O[C@@H]32)c(=O)[nH]1. The standard InChI is InChI=1S/C24H26N2O12P2/c27-19-11-12-26(24(28)25-19)23-22-21(36-20(37-22)13-16-7-3-1-4-8-16)18(35-23)15-34-40(31,32)38-39(29,30)33-14-17-9-5-2-6-10-17/h1-12,18,20-23H,13-15H2,(H,29,30)(H,31,32)(H,25,27,28)/p-2/t18-,20?,21?,22+,23-/m1/s1. The first kappa shape index (κ1) is 28.8. The molecule has 5 rings (SSSR count). The fraction of sp³-hybridized carbons (Fsp3) is 0.333. The molecule has 14 nitrogen and oxygen atoms in total. The van der Waals surface area contributed by atoms with E-state index in [1.54, 1.807) is 30.3 Å². The van der Waals surface area contributed by atoms with Gasteiger partial charge in [-0.15, -0.1) is 0 Å². The minimum Gasteiger partial charge on any atom is -0.756 e. The lowest BCUT2D eigenvalue weighted by atomic mass is 10.1. The van der Waals surface area contributed by atoms with Crippen LogP contribution >= 0.6 is 15.6 Å². The average molecular weight is 594 g/mol. The maximum Gasteiger partial charge on any atom is 0.330 e. The topological polar surface area (TPSA) is 190 Å². The summed E-state index contributed by atoms with van der Waals surface area (Å²) in [6, 6.07) is 18.6. The summed E-state index contributed by atoms with van der Waals surface area (Å²) in [7, 11) is -10.8. The van der Waals surface area contributed by atoms with E-state index in [9.17, 15) is 28.5 Å². The highest BCUT2D eigenvalue weighted by molar-refractivity contribution is 7.59. The second-order valence-electron chi connectivity index (χ2n) is 8.93. The number of benzene rings is 2. The van der Waals surface area contributed by atoms with E-state index in [0.29, 0.717) is 12.0 Å². The Bertz CT molecular complexity index is 1520. The predicted molar refractivity (Wildman–Crippen MR) is 132 cm³/mol. The summed E-state index contributed by atoms with van der Waals surface area (Å²) in [6.07, 6.45) is -3.26. The van der Waals surface area contributed by atoms with Gasteiger partial charge in [-0.1, -0.05) is 60.7 Å². The maximum absolute atomic E-state index is 12.4. The van der Waals surface area contributed by atoms with Crippen LogP contribution in [0.3, 0.4) is 0 Å². The van der Waals surface area contributed by atoms with Crippen molar-refractivity contribution in [1.29, 1.82) is 0 Å². The van der Waals surface area contributed by atoms with E-state index in [0.717, 1.165) is 16.2 Å². The lowest BCUT2D eigenvalue weighted by molar-refractivity contribution is -0.246. The molecule has 7 atom stereocenters. The Kier molecular flexibility index (Phi) is 8.64. The molecular weight excluding hydrogens is 570 g/mol. The Labute approximate surface area is 227 Å². The molecule has 0 radical (unpaired) electrons. The van der Waals surface area contributed by atoms with Gasteiger partial charge in [-0.25, -0.2) is 9.11 Å². The van der Waals surface area contributed by atoms with Crippen LogP contribution in [0, 0.1) is 0 Å². The molecule has 0 saturated carbocycles. The quantitative estimate of drug-likeness (QED) is 0.310. The zero-order valence-electron chi connectivity index (χ0n) is 20.7. The first-order valence-electron chi connectivity index (χ1n) is 12.1. The van der Waals surface area contributed by atoms with Gasteiger partial charge in [-0.2, -0.15) is 0 Å².